The van der Waals surface area contributed by atoms with Gasteiger partial charge in [-0.25, -0.2) is 12.8 Å². The van der Waals surface area contributed by atoms with Gasteiger partial charge in [0.25, 0.3) is 15.9 Å². The number of sulfonamides is 1. The van der Waals surface area contributed by atoms with Gasteiger partial charge in [0.05, 0.1) is 21.1 Å². The molecular formula is C18H15FN2O3S2. The average molecular weight is 390 g/mol. The molecule has 1 aromatic heterocycles. The number of carbonyl (C=O) groups is 1. The van der Waals surface area contributed by atoms with Crippen LogP contribution in [0.25, 0.3) is 0 Å². The molecule has 0 atom stereocenters. The average Bonchev–Trinajstić information content (AvgIpc) is 3.15. The third-order valence-corrected chi connectivity index (χ3v) is 6.54. The summed E-state index contributed by atoms with van der Waals surface area (Å²) in [5.74, 6) is -1.13. The highest BCUT2D eigenvalue weighted by Crippen LogP contribution is 2.26. The molecule has 0 saturated carbocycles. The molecule has 1 heterocycles. The van der Waals surface area contributed by atoms with Gasteiger partial charge >= 0.3 is 0 Å². The maximum absolute atomic E-state index is 13.6. The van der Waals surface area contributed by atoms with E-state index in [1.54, 1.807) is 36.4 Å². The molecule has 26 heavy (non-hydrogen) atoms. The molecule has 1 amide bonds. The summed E-state index contributed by atoms with van der Waals surface area (Å²) in [5, 5.41) is 3.83. The molecule has 0 radical (unpaired) electrons. The second-order valence-corrected chi connectivity index (χ2v) is 8.27. The summed E-state index contributed by atoms with van der Waals surface area (Å²) in [6, 6.07) is 15.7. The highest BCUT2D eigenvalue weighted by molar-refractivity contribution is 7.93. The molecule has 0 unspecified atom stereocenters. The number of para-hydroxylation sites is 2. The van der Waals surface area contributed by atoms with Crippen LogP contribution in [0.3, 0.4) is 0 Å². The zero-order valence-electron chi connectivity index (χ0n) is 13.7. The SMILES string of the molecule is CN(c1ccccc1)S(=O)(=O)c1csc(C(=O)Nc2ccccc2F)c1. The molecule has 0 bridgehead atoms. The Hall–Kier alpha value is -2.71. The predicted octanol–water partition coefficient (Wildman–Crippen LogP) is 3.96. The summed E-state index contributed by atoms with van der Waals surface area (Å²) in [7, 11) is -2.35. The van der Waals surface area contributed by atoms with Gasteiger partial charge in [-0.3, -0.25) is 9.10 Å². The molecule has 0 aliphatic rings. The number of rotatable bonds is 5. The number of thiophene rings is 1. The minimum absolute atomic E-state index is 0.00698. The fraction of sp³-hybridized carbons (Fsp3) is 0.0556. The van der Waals surface area contributed by atoms with Crippen molar-refractivity contribution < 1.29 is 17.6 Å². The lowest BCUT2D eigenvalue weighted by Crippen LogP contribution is -2.26. The quantitative estimate of drug-likeness (QED) is 0.717. The third-order valence-electron chi connectivity index (χ3n) is 3.70. The number of amides is 1. The molecular weight excluding hydrogens is 375 g/mol. The number of carbonyl (C=O) groups excluding carboxylic acids is 1. The van der Waals surface area contributed by atoms with Crippen LogP contribution in [0.1, 0.15) is 9.67 Å². The first-order valence-corrected chi connectivity index (χ1v) is 9.90. The third kappa shape index (κ3) is 3.61. The molecule has 3 rings (SSSR count). The first-order chi connectivity index (χ1) is 12.4. The monoisotopic (exact) mass is 390 g/mol. The van der Waals surface area contributed by atoms with E-state index in [1.165, 1.54) is 36.7 Å². The molecule has 1 N–H and O–H groups in total. The van der Waals surface area contributed by atoms with Crippen molar-refractivity contribution in [1.29, 1.82) is 0 Å². The van der Waals surface area contributed by atoms with Crippen LogP contribution in [-0.4, -0.2) is 21.4 Å². The predicted molar refractivity (Wildman–Crippen MR) is 101 cm³/mol. The molecule has 2 aromatic carbocycles. The van der Waals surface area contributed by atoms with Gasteiger partial charge in [0, 0.05) is 12.4 Å². The fourth-order valence-electron chi connectivity index (χ4n) is 2.25. The van der Waals surface area contributed by atoms with Gasteiger partial charge in [0.15, 0.2) is 0 Å². The fourth-order valence-corrected chi connectivity index (χ4v) is 4.61. The maximum atomic E-state index is 13.6. The van der Waals surface area contributed by atoms with E-state index in [-0.39, 0.29) is 15.5 Å². The van der Waals surface area contributed by atoms with Crippen LogP contribution in [0.4, 0.5) is 15.8 Å². The highest BCUT2D eigenvalue weighted by Gasteiger charge is 2.24. The number of hydrogen-bond donors (Lipinski definition) is 1. The molecule has 3 aromatic rings. The van der Waals surface area contributed by atoms with Gasteiger partial charge in [-0.2, -0.15) is 0 Å². The summed E-state index contributed by atoms with van der Waals surface area (Å²) >= 11 is 0.982. The molecule has 0 spiro atoms. The van der Waals surface area contributed by atoms with Crippen molar-refractivity contribution in [1.82, 2.24) is 0 Å². The van der Waals surface area contributed by atoms with Gasteiger partial charge in [0.1, 0.15) is 5.82 Å². The number of nitrogens with one attached hydrogen (secondary N) is 1. The lowest BCUT2D eigenvalue weighted by atomic mass is 10.3. The van der Waals surface area contributed by atoms with E-state index in [4.69, 9.17) is 0 Å². The molecule has 0 aliphatic carbocycles. The van der Waals surface area contributed by atoms with E-state index >= 15 is 0 Å². The van der Waals surface area contributed by atoms with Gasteiger partial charge in [-0.05, 0) is 30.3 Å². The van der Waals surface area contributed by atoms with E-state index in [1.807, 2.05) is 0 Å². The summed E-state index contributed by atoms with van der Waals surface area (Å²) in [6.07, 6.45) is 0. The standard InChI is InChI=1S/C18H15FN2O3S2/c1-21(13-7-3-2-4-8-13)26(23,24)14-11-17(25-12-14)18(22)20-16-10-6-5-9-15(16)19/h2-12H,1H3,(H,20,22). The molecule has 0 fully saturated rings. The topological polar surface area (TPSA) is 66.5 Å². The van der Waals surface area contributed by atoms with Crippen molar-refractivity contribution in [2.75, 3.05) is 16.7 Å². The molecule has 134 valence electrons. The molecule has 0 saturated heterocycles. The van der Waals surface area contributed by atoms with Crippen LogP contribution in [0, 0.1) is 5.82 Å². The number of nitrogens with zero attached hydrogens (tertiary/aromatic N) is 1. The number of hydrogen-bond acceptors (Lipinski definition) is 4. The van der Waals surface area contributed by atoms with E-state index < -0.39 is 21.7 Å². The van der Waals surface area contributed by atoms with Crippen molar-refractivity contribution in [3.05, 3.63) is 76.7 Å². The summed E-state index contributed by atoms with van der Waals surface area (Å²) < 4.78 is 40.2. The van der Waals surface area contributed by atoms with Crippen molar-refractivity contribution in [2.24, 2.45) is 0 Å². The van der Waals surface area contributed by atoms with E-state index in [9.17, 15) is 17.6 Å². The van der Waals surface area contributed by atoms with Gasteiger partial charge in [0.2, 0.25) is 0 Å². The molecule has 0 aliphatic heterocycles. The lowest BCUT2D eigenvalue weighted by Gasteiger charge is -2.18. The van der Waals surface area contributed by atoms with Gasteiger partial charge in [-0.1, -0.05) is 30.3 Å². The first-order valence-electron chi connectivity index (χ1n) is 7.58. The van der Waals surface area contributed by atoms with Crippen LogP contribution >= 0.6 is 11.3 Å². The number of anilines is 2. The largest absolute Gasteiger partial charge is 0.319 e. The molecule has 5 nitrogen and oxygen atoms in total. The van der Waals surface area contributed by atoms with Crippen LogP contribution in [0.15, 0.2) is 70.9 Å². The normalized spacial score (nSPS) is 11.2. The van der Waals surface area contributed by atoms with E-state index in [0.29, 0.717) is 5.69 Å². The van der Waals surface area contributed by atoms with Crippen molar-refractivity contribution in [3.63, 3.8) is 0 Å². The Bertz CT molecular complexity index is 1030. The minimum Gasteiger partial charge on any atom is -0.319 e. The molecule has 8 heteroatoms. The number of benzene rings is 2. The van der Waals surface area contributed by atoms with E-state index in [2.05, 4.69) is 5.32 Å². The zero-order chi connectivity index (χ0) is 18.7. The summed E-state index contributed by atoms with van der Waals surface area (Å²) in [5.41, 5.74) is 0.549. The lowest BCUT2D eigenvalue weighted by molar-refractivity contribution is 0.103. The smallest absolute Gasteiger partial charge is 0.265 e. The number of halogens is 1. The van der Waals surface area contributed by atoms with E-state index in [0.717, 1.165) is 15.6 Å². The van der Waals surface area contributed by atoms with Crippen molar-refractivity contribution in [2.45, 2.75) is 4.90 Å². The van der Waals surface area contributed by atoms with Crippen LogP contribution in [0.5, 0.6) is 0 Å². The highest BCUT2D eigenvalue weighted by atomic mass is 32.2. The Morgan fingerprint density at radius 1 is 1.08 bits per heavy atom. The summed E-state index contributed by atoms with van der Waals surface area (Å²) in [6.45, 7) is 0. The maximum Gasteiger partial charge on any atom is 0.265 e. The second kappa shape index (κ2) is 7.27. The van der Waals surface area contributed by atoms with Gasteiger partial charge in [-0.15, -0.1) is 11.3 Å². The first kappa shape index (κ1) is 18.1. The zero-order valence-corrected chi connectivity index (χ0v) is 15.4. The van der Waals surface area contributed by atoms with Crippen LogP contribution in [-0.2, 0) is 10.0 Å². The Morgan fingerprint density at radius 2 is 1.73 bits per heavy atom. The Balaban J connectivity index is 1.83. The minimum atomic E-state index is -3.80. The van der Waals surface area contributed by atoms with Crippen LogP contribution < -0.4 is 9.62 Å². The van der Waals surface area contributed by atoms with Gasteiger partial charge < -0.3 is 5.32 Å². The summed E-state index contributed by atoms with van der Waals surface area (Å²) in [4.78, 5) is 12.5. The second-order valence-electron chi connectivity index (χ2n) is 5.39. The Kier molecular flexibility index (Phi) is 5.06. The van der Waals surface area contributed by atoms with Crippen molar-refractivity contribution in [3.8, 4) is 0 Å². The van der Waals surface area contributed by atoms with Crippen LogP contribution in [0.2, 0.25) is 0 Å². The Labute approximate surface area is 154 Å². The Morgan fingerprint density at radius 3 is 2.42 bits per heavy atom. The van der Waals surface area contributed by atoms with Crippen molar-refractivity contribution >= 4 is 38.6 Å².